The van der Waals surface area contributed by atoms with Gasteiger partial charge >= 0.3 is 6.36 Å². The summed E-state index contributed by atoms with van der Waals surface area (Å²) in [5.74, 6) is -1.92. The third-order valence-corrected chi connectivity index (χ3v) is 4.54. The second kappa shape index (κ2) is 6.63. The van der Waals surface area contributed by atoms with Gasteiger partial charge in [0.05, 0.1) is 11.6 Å². The number of carbonyl (C=O) groups excluding carboxylic acids is 2. The fourth-order valence-corrected chi connectivity index (χ4v) is 3.33. The molecule has 0 amide bonds. The zero-order chi connectivity index (χ0) is 19.9. The molecule has 0 radical (unpaired) electrons. The lowest BCUT2D eigenvalue weighted by atomic mass is 9.95. The number of carbonyl (C=O) groups is 2. The number of aromatic amines is 1. The van der Waals surface area contributed by atoms with Crippen molar-refractivity contribution in [2.75, 3.05) is 0 Å². The minimum absolute atomic E-state index is 0.243. The fraction of sp³-hybridized carbons (Fsp3) is 0.150. The highest BCUT2D eigenvalue weighted by Gasteiger charge is 2.38. The van der Waals surface area contributed by atoms with Crippen LogP contribution in [0.25, 0.3) is 11.3 Å². The minimum Gasteiger partial charge on any atom is -0.406 e. The number of Topliss-reactive ketones (excluding diaryl/α,β-unsaturated/α-hetero) is 2. The lowest BCUT2D eigenvalue weighted by molar-refractivity contribution is -0.274. The highest BCUT2D eigenvalue weighted by Crippen LogP contribution is 2.33. The first kappa shape index (κ1) is 18.0. The van der Waals surface area contributed by atoms with Gasteiger partial charge in [0.25, 0.3) is 0 Å². The molecule has 1 N–H and O–H groups in total. The van der Waals surface area contributed by atoms with Gasteiger partial charge in [0, 0.05) is 23.2 Å². The number of fused-ring (bicyclic) bond motifs is 1. The quantitative estimate of drug-likeness (QED) is 0.687. The molecule has 1 unspecified atom stereocenters. The number of ketones is 2. The van der Waals surface area contributed by atoms with E-state index in [0.29, 0.717) is 28.1 Å². The van der Waals surface area contributed by atoms with Gasteiger partial charge in [0.1, 0.15) is 5.75 Å². The van der Waals surface area contributed by atoms with E-state index in [-0.39, 0.29) is 12.2 Å². The van der Waals surface area contributed by atoms with Crippen LogP contribution in [0.3, 0.4) is 0 Å². The molecule has 5 nitrogen and oxygen atoms in total. The third kappa shape index (κ3) is 3.40. The van der Waals surface area contributed by atoms with Crippen LogP contribution in [0.15, 0.2) is 54.6 Å². The molecule has 1 aromatic heterocycles. The van der Waals surface area contributed by atoms with Gasteiger partial charge in [0.2, 0.25) is 11.6 Å². The van der Waals surface area contributed by atoms with Crippen LogP contribution in [0.4, 0.5) is 13.2 Å². The average molecular weight is 386 g/mol. The van der Waals surface area contributed by atoms with Gasteiger partial charge in [-0.05, 0) is 23.8 Å². The normalized spacial score (nSPS) is 16.3. The Morgan fingerprint density at radius 3 is 2.61 bits per heavy atom. The molecule has 0 saturated heterocycles. The van der Waals surface area contributed by atoms with Gasteiger partial charge in [-0.2, -0.15) is 5.10 Å². The standard InChI is InChI=1S/C20H13F3N2O3/c21-20(22,23)28-13-5-3-4-11(8-13)17-10-12(24-25-17)9-16-14-6-1-2-7-15(14)18(26)19(16)27/h1-8,10,16H,9H2,(H,24,25). The number of nitrogens with zero attached hydrogens (tertiary/aromatic N) is 1. The summed E-state index contributed by atoms with van der Waals surface area (Å²) < 4.78 is 41.1. The molecule has 3 aromatic rings. The first-order valence-corrected chi connectivity index (χ1v) is 8.40. The molecular weight excluding hydrogens is 373 g/mol. The summed E-state index contributed by atoms with van der Waals surface area (Å²) in [4.78, 5) is 24.4. The van der Waals surface area contributed by atoms with Gasteiger partial charge < -0.3 is 4.74 Å². The summed E-state index contributed by atoms with van der Waals surface area (Å²) in [6.45, 7) is 0. The van der Waals surface area contributed by atoms with E-state index in [1.54, 1.807) is 36.4 Å². The number of halogens is 3. The van der Waals surface area contributed by atoms with Gasteiger partial charge in [-0.1, -0.05) is 36.4 Å². The highest BCUT2D eigenvalue weighted by molar-refractivity contribution is 6.48. The van der Waals surface area contributed by atoms with E-state index in [4.69, 9.17) is 0 Å². The van der Waals surface area contributed by atoms with Crippen LogP contribution in [-0.4, -0.2) is 28.1 Å². The van der Waals surface area contributed by atoms with E-state index in [1.165, 1.54) is 18.2 Å². The van der Waals surface area contributed by atoms with Crippen molar-refractivity contribution < 1.29 is 27.5 Å². The molecule has 4 rings (SSSR count). The van der Waals surface area contributed by atoms with Gasteiger partial charge in [0.15, 0.2) is 0 Å². The molecule has 1 atom stereocenters. The predicted octanol–water partition coefficient (Wildman–Crippen LogP) is 4.07. The van der Waals surface area contributed by atoms with E-state index in [1.807, 2.05) is 0 Å². The van der Waals surface area contributed by atoms with Crippen LogP contribution in [0, 0.1) is 0 Å². The molecule has 0 fully saturated rings. The second-order valence-corrected chi connectivity index (χ2v) is 6.39. The van der Waals surface area contributed by atoms with Crippen LogP contribution in [-0.2, 0) is 11.2 Å². The Kier molecular flexibility index (Phi) is 4.26. The largest absolute Gasteiger partial charge is 0.573 e. The van der Waals surface area contributed by atoms with Crippen LogP contribution in [0.2, 0.25) is 0 Å². The summed E-state index contributed by atoms with van der Waals surface area (Å²) in [5.41, 5.74) is 2.52. The van der Waals surface area contributed by atoms with Crippen molar-refractivity contribution in [2.24, 2.45) is 0 Å². The van der Waals surface area contributed by atoms with E-state index >= 15 is 0 Å². The summed E-state index contributed by atoms with van der Waals surface area (Å²) in [5, 5.41) is 6.90. The van der Waals surface area contributed by atoms with E-state index in [9.17, 15) is 22.8 Å². The van der Waals surface area contributed by atoms with Crippen molar-refractivity contribution in [1.82, 2.24) is 10.2 Å². The van der Waals surface area contributed by atoms with Crippen LogP contribution < -0.4 is 4.74 Å². The van der Waals surface area contributed by atoms with Crippen molar-refractivity contribution in [3.63, 3.8) is 0 Å². The molecule has 0 spiro atoms. The molecule has 1 aliphatic carbocycles. The average Bonchev–Trinajstić information content (AvgIpc) is 3.21. The zero-order valence-electron chi connectivity index (χ0n) is 14.3. The topological polar surface area (TPSA) is 72.1 Å². The number of H-pyrrole nitrogens is 1. The number of hydrogen-bond acceptors (Lipinski definition) is 4. The number of hydrogen-bond donors (Lipinski definition) is 1. The molecular formula is C20H13F3N2O3. The molecule has 0 aliphatic heterocycles. The molecule has 0 saturated carbocycles. The second-order valence-electron chi connectivity index (χ2n) is 6.39. The Hall–Kier alpha value is -3.42. The lowest BCUT2D eigenvalue weighted by Gasteiger charge is -2.09. The SMILES string of the molecule is O=C1C(=O)C(Cc2cc(-c3cccc(OC(F)(F)F)c3)n[nH]2)c2ccccc21. The summed E-state index contributed by atoms with van der Waals surface area (Å²) in [7, 11) is 0. The van der Waals surface area contributed by atoms with E-state index in [2.05, 4.69) is 14.9 Å². The predicted molar refractivity (Wildman–Crippen MR) is 92.9 cm³/mol. The smallest absolute Gasteiger partial charge is 0.406 e. The van der Waals surface area contributed by atoms with Crippen LogP contribution in [0.1, 0.15) is 27.5 Å². The lowest BCUT2D eigenvalue weighted by Crippen LogP contribution is -2.17. The monoisotopic (exact) mass is 386 g/mol. The van der Waals surface area contributed by atoms with Crippen molar-refractivity contribution in [2.45, 2.75) is 18.7 Å². The maximum atomic E-state index is 12.4. The molecule has 0 bridgehead atoms. The van der Waals surface area contributed by atoms with Gasteiger partial charge in [-0.15, -0.1) is 13.2 Å². The Balaban J connectivity index is 1.57. The Bertz CT molecular complexity index is 1070. The molecule has 8 heteroatoms. The summed E-state index contributed by atoms with van der Waals surface area (Å²) in [6.07, 6.45) is -4.54. The first-order chi connectivity index (χ1) is 13.3. The Morgan fingerprint density at radius 2 is 1.82 bits per heavy atom. The third-order valence-electron chi connectivity index (χ3n) is 4.54. The molecule has 1 heterocycles. The minimum atomic E-state index is -4.78. The first-order valence-electron chi connectivity index (χ1n) is 8.40. The highest BCUT2D eigenvalue weighted by atomic mass is 19.4. The van der Waals surface area contributed by atoms with Gasteiger partial charge in [-0.3, -0.25) is 14.7 Å². The maximum Gasteiger partial charge on any atom is 0.573 e. The van der Waals surface area contributed by atoms with Crippen LogP contribution >= 0.6 is 0 Å². The Labute approximate surface area is 157 Å². The van der Waals surface area contributed by atoms with Crippen molar-refractivity contribution in [3.8, 4) is 17.0 Å². The van der Waals surface area contributed by atoms with Gasteiger partial charge in [-0.25, -0.2) is 0 Å². The number of alkyl halides is 3. The van der Waals surface area contributed by atoms with Crippen molar-refractivity contribution >= 4 is 11.6 Å². The van der Waals surface area contributed by atoms with Crippen LogP contribution in [0.5, 0.6) is 5.75 Å². The fourth-order valence-electron chi connectivity index (χ4n) is 3.33. The van der Waals surface area contributed by atoms with E-state index < -0.39 is 23.8 Å². The number of nitrogens with one attached hydrogen (secondary N) is 1. The molecule has 142 valence electrons. The summed E-state index contributed by atoms with van der Waals surface area (Å²) in [6, 6.07) is 13.9. The number of benzene rings is 2. The zero-order valence-corrected chi connectivity index (χ0v) is 14.3. The van der Waals surface area contributed by atoms with Crippen molar-refractivity contribution in [3.05, 3.63) is 71.4 Å². The summed E-state index contributed by atoms with van der Waals surface area (Å²) >= 11 is 0. The molecule has 1 aliphatic rings. The number of ether oxygens (including phenoxy) is 1. The molecule has 2 aromatic carbocycles. The Morgan fingerprint density at radius 1 is 1.04 bits per heavy atom. The van der Waals surface area contributed by atoms with E-state index in [0.717, 1.165) is 0 Å². The maximum absolute atomic E-state index is 12.4. The van der Waals surface area contributed by atoms with Crippen molar-refractivity contribution in [1.29, 1.82) is 0 Å². The number of rotatable bonds is 4. The molecule has 28 heavy (non-hydrogen) atoms. The number of aromatic nitrogens is 2.